The maximum atomic E-state index is 12.9. The molecule has 8 nitrogen and oxygen atoms in total. The van der Waals surface area contributed by atoms with Crippen molar-refractivity contribution in [1.29, 1.82) is 0 Å². The van der Waals surface area contributed by atoms with Gasteiger partial charge in [0.2, 0.25) is 0 Å². The Balaban J connectivity index is 1.82. The normalized spacial score (nSPS) is 12.7. The van der Waals surface area contributed by atoms with Gasteiger partial charge in [-0.1, -0.05) is 43.7 Å². The van der Waals surface area contributed by atoms with Crippen LogP contribution >= 0.6 is 0 Å². The lowest BCUT2D eigenvalue weighted by Gasteiger charge is -2.20. The van der Waals surface area contributed by atoms with Crippen LogP contribution in [0.3, 0.4) is 0 Å². The monoisotopic (exact) mass is 508 g/mol. The third-order valence-corrected chi connectivity index (χ3v) is 6.28. The van der Waals surface area contributed by atoms with E-state index >= 15 is 0 Å². The van der Waals surface area contributed by atoms with Gasteiger partial charge < -0.3 is 24.8 Å². The lowest BCUT2D eigenvalue weighted by molar-refractivity contribution is -0.143. The lowest BCUT2D eigenvalue weighted by Crippen LogP contribution is -2.22. The fourth-order valence-electron chi connectivity index (χ4n) is 4.15. The molecule has 0 saturated heterocycles. The van der Waals surface area contributed by atoms with Gasteiger partial charge in [0.15, 0.2) is 0 Å². The van der Waals surface area contributed by atoms with Crippen LogP contribution in [0.2, 0.25) is 0 Å². The summed E-state index contributed by atoms with van der Waals surface area (Å²) < 4.78 is 16.3. The second-order valence-electron chi connectivity index (χ2n) is 9.54. The highest BCUT2D eigenvalue weighted by atomic mass is 16.5. The van der Waals surface area contributed by atoms with Crippen LogP contribution in [0.5, 0.6) is 5.75 Å². The third-order valence-electron chi connectivity index (χ3n) is 6.28. The number of methoxy groups -OCH3 is 1. The van der Waals surface area contributed by atoms with E-state index in [0.717, 1.165) is 17.6 Å². The maximum absolute atomic E-state index is 12.9. The van der Waals surface area contributed by atoms with Crippen molar-refractivity contribution in [2.75, 3.05) is 24.4 Å². The van der Waals surface area contributed by atoms with Gasteiger partial charge in [-0.05, 0) is 56.7 Å². The van der Waals surface area contributed by atoms with Crippen molar-refractivity contribution in [2.24, 2.45) is 5.92 Å². The third kappa shape index (κ3) is 7.35. The molecule has 3 rings (SSSR count). The van der Waals surface area contributed by atoms with E-state index < -0.39 is 12.0 Å². The number of benzene rings is 2. The fraction of sp³-hybridized carbons (Fsp3) is 0.414. The van der Waals surface area contributed by atoms with Gasteiger partial charge in [-0.3, -0.25) is 4.79 Å². The summed E-state index contributed by atoms with van der Waals surface area (Å²) in [5.74, 6) is 0.364. The van der Waals surface area contributed by atoms with Crippen molar-refractivity contribution < 1.29 is 28.6 Å². The predicted octanol–water partition coefficient (Wildman–Crippen LogP) is 6.18. The summed E-state index contributed by atoms with van der Waals surface area (Å²) in [6.45, 7) is 8.55. The quantitative estimate of drug-likeness (QED) is 0.278. The van der Waals surface area contributed by atoms with Gasteiger partial charge in [0, 0.05) is 23.2 Å². The predicted molar refractivity (Wildman–Crippen MR) is 143 cm³/mol. The molecule has 0 radical (unpaired) electrons. The van der Waals surface area contributed by atoms with Crippen molar-refractivity contribution in [1.82, 2.24) is 0 Å². The number of cyclic esters (lactones) is 1. The lowest BCUT2D eigenvalue weighted by atomic mass is 9.93. The average Bonchev–Trinajstić information content (AvgIpc) is 3.25. The maximum Gasteiger partial charge on any atom is 0.341 e. The van der Waals surface area contributed by atoms with Crippen LogP contribution in [0.1, 0.15) is 67.1 Å². The molecule has 2 aromatic carbocycles. The van der Waals surface area contributed by atoms with E-state index in [1.165, 1.54) is 0 Å². The van der Waals surface area contributed by atoms with Crippen LogP contribution in [0.15, 0.2) is 42.0 Å². The fourth-order valence-corrected chi connectivity index (χ4v) is 4.15. The number of anilines is 2. The number of rotatable bonds is 11. The van der Waals surface area contributed by atoms with Gasteiger partial charge >= 0.3 is 18.0 Å². The molecule has 0 aromatic heterocycles. The SMILES string of the molecule is COc1c(C)c2c(c(NC(=O)Nc3ccccc3)c1C/C=C(\C)CCC(=O)OCCC(C)C)C(=O)OC2. The zero-order chi connectivity index (χ0) is 26.9. The zero-order valence-electron chi connectivity index (χ0n) is 22.2. The average molecular weight is 509 g/mol. The molecule has 2 N–H and O–H groups in total. The Kier molecular flexibility index (Phi) is 9.71. The molecule has 0 fully saturated rings. The number of carbonyl (C=O) groups excluding carboxylic acids is 3. The largest absolute Gasteiger partial charge is 0.496 e. The van der Waals surface area contributed by atoms with Gasteiger partial charge in [-0.15, -0.1) is 0 Å². The number of fused-ring (bicyclic) bond motifs is 1. The van der Waals surface area contributed by atoms with Gasteiger partial charge in [0.25, 0.3) is 0 Å². The summed E-state index contributed by atoms with van der Waals surface area (Å²) in [4.78, 5) is 37.6. The Hall–Kier alpha value is -3.81. The molecule has 0 bridgehead atoms. The topological polar surface area (TPSA) is 103 Å². The van der Waals surface area contributed by atoms with Crippen molar-refractivity contribution in [3.8, 4) is 5.75 Å². The molecular weight excluding hydrogens is 472 g/mol. The Morgan fingerprint density at radius 1 is 1.14 bits per heavy atom. The number of esters is 2. The Labute approximate surface area is 218 Å². The van der Waals surface area contributed by atoms with E-state index in [4.69, 9.17) is 14.2 Å². The summed E-state index contributed by atoms with van der Waals surface area (Å²) in [6, 6.07) is 8.56. The van der Waals surface area contributed by atoms with E-state index in [1.807, 2.05) is 38.1 Å². The minimum atomic E-state index is -0.484. The smallest absolute Gasteiger partial charge is 0.341 e. The first-order valence-electron chi connectivity index (χ1n) is 12.5. The second-order valence-corrected chi connectivity index (χ2v) is 9.54. The van der Waals surface area contributed by atoms with Gasteiger partial charge in [0.1, 0.15) is 12.4 Å². The number of para-hydroxylation sites is 1. The minimum Gasteiger partial charge on any atom is -0.496 e. The summed E-state index contributed by atoms with van der Waals surface area (Å²) in [5, 5.41) is 5.65. The number of ether oxygens (including phenoxy) is 3. The summed E-state index contributed by atoms with van der Waals surface area (Å²) in [7, 11) is 1.56. The van der Waals surface area contributed by atoms with Crippen molar-refractivity contribution in [3.05, 3.63) is 64.2 Å². The van der Waals surface area contributed by atoms with Gasteiger partial charge in [0.05, 0.1) is 25.0 Å². The van der Waals surface area contributed by atoms with E-state index in [2.05, 4.69) is 24.5 Å². The first-order valence-corrected chi connectivity index (χ1v) is 12.5. The van der Waals surface area contributed by atoms with E-state index in [-0.39, 0.29) is 19.0 Å². The molecule has 1 aliphatic heterocycles. The second kappa shape index (κ2) is 12.9. The number of hydrogen-bond acceptors (Lipinski definition) is 6. The van der Waals surface area contributed by atoms with Crippen LogP contribution in [-0.2, 0) is 27.3 Å². The molecule has 2 amide bonds. The van der Waals surface area contributed by atoms with Crippen LogP contribution in [0.4, 0.5) is 16.2 Å². The number of nitrogens with one attached hydrogen (secondary N) is 2. The van der Waals surface area contributed by atoms with Crippen LogP contribution in [0.25, 0.3) is 0 Å². The molecule has 0 atom stereocenters. The van der Waals surface area contributed by atoms with Crippen LogP contribution in [0, 0.1) is 12.8 Å². The van der Waals surface area contributed by atoms with E-state index in [0.29, 0.717) is 59.2 Å². The molecule has 0 aliphatic carbocycles. The molecule has 0 saturated carbocycles. The minimum absolute atomic E-state index is 0.124. The van der Waals surface area contributed by atoms with Crippen molar-refractivity contribution in [3.63, 3.8) is 0 Å². The van der Waals surface area contributed by atoms with Crippen molar-refractivity contribution in [2.45, 2.75) is 60.0 Å². The Morgan fingerprint density at radius 2 is 1.86 bits per heavy atom. The number of urea groups is 1. The Morgan fingerprint density at radius 3 is 2.54 bits per heavy atom. The van der Waals surface area contributed by atoms with Crippen LogP contribution in [-0.4, -0.2) is 31.7 Å². The summed E-state index contributed by atoms with van der Waals surface area (Å²) in [5.41, 5.74) is 4.48. The highest BCUT2D eigenvalue weighted by Crippen LogP contribution is 2.41. The number of carbonyl (C=O) groups is 3. The van der Waals surface area contributed by atoms with Crippen LogP contribution < -0.4 is 15.4 Å². The molecule has 1 heterocycles. The number of hydrogen-bond donors (Lipinski definition) is 2. The summed E-state index contributed by atoms with van der Waals surface area (Å²) >= 11 is 0. The highest BCUT2D eigenvalue weighted by Gasteiger charge is 2.32. The molecular formula is C29H36N2O6. The van der Waals surface area contributed by atoms with Crippen molar-refractivity contribution >= 4 is 29.3 Å². The molecule has 8 heteroatoms. The first-order chi connectivity index (χ1) is 17.7. The van der Waals surface area contributed by atoms with E-state index in [9.17, 15) is 14.4 Å². The number of allylic oxidation sites excluding steroid dienone is 2. The zero-order valence-corrected chi connectivity index (χ0v) is 22.2. The molecule has 2 aromatic rings. The Bertz CT molecular complexity index is 1170. The van der Waals surface area contributed by atoms with Gasteiger partial charge in [-0.2, -0.15) is 0 Å². The molecule has 0 spiro atoms. The first kappa shape index (κ1) is 27.8. The highest BCUT2D eigenvalue weighted by molar-refractivity contribution is 6.08. The molecule has 1 aliphatic rings. The molecule has 198 valence electrons. The molecule has 0 unspecified atom stereocenters. The van der Waals surface area contributed by atoms with Gasteiger partial charge in [-0.25, -0.2) is 9.59 Å². The molecule has 37 heavy (non-hydrogen) atoms. The summed E-state index contributed by atoms with van der Waals surface area (Å²) in [6.07, 6.45) is 4.04. The number of amides is 2. The van der Waals surface area contributed by atoms with E-state index in [1.54, 1.807) is 19.2 Å². The standard InChI is InChI=1S/C29H36N2O6/c1-18(2)15-16-36-24(32)14-12-19(3)11-13-22-26(31-29(34)30-21-9-7-6-8-10-21)25-23(17-37-28(25)33)20(4)27(22)35-5/h6-11,18H,12-17H2,1-5H3,(H2,30,31,34)/b19-11+.